The molecule has 0 atom stereocenters. The number of nitrogens with one attached hydrogen (secondary N) is 1. The first kappa shape index (κ1) is 15.5. The van der Waals surface area contributed by atoms with E-state index in [-0.39, 0.29) is 16.1 Å². The Hall–Kier alpha value is -1.93. The lowest BCUT2D eigenvalue weighted by molar-refractivity contribution is 0.0696. The highest BCUT2D eigenvalue weighted by molar-refractivity contribution is 9.10. The van der Waals surface area contributed by atoms with Crippen molar-refractivity contribution in [2.24, 2.45) is 0 Å². The van der Waals surface area contributed by atoms with Crippen LogP contribution in [0.2, 0.25) is 0 Å². The average Bonchev–Trinajstić information content (AvgIpc) is 2.41. The van der Waals surface area contributed by atoms with Crippen LogP contribution in [0.3, 0.4) is 0 Å². The zero-order valence-electron chi connectivity index (χ0n) is 10.9. The number of nitrogens with zero attached hydrogens (tertiary/aromatic N) is 1. The number of carboxylic acids is 1. The molecule has 0 radical (unpaired) electrons. The standard InChI is InChI=1S/C13H11BrN2O4S/c1-8-4-11(2-3-12(8)14)21(19,20)16-10-5-9(13(17)18)6-15-7-10/h2-7,16H,1H3,(H,17,18). The van der Waals surface area contributed by atoms with E-state index in [1.54, 1.807) is 13.0 Å². The van der Waals surface area contributed by atoms with Crippen molar-refractivity contribution in [3.63, 3.8) is 0 Å². The average molecular weight is 371 g/mol. The van der Waals surface area contributed by atoms with Gasteiger partial charge in [-0.3, -0.25) is 9.71 Å². The number of hydrogen-bond donors (Lipinski definition) is 2. The van der Waals surface area contributed by atoms with Crippen LogP contribution in [0.5, 0.6) is 0 Å². The number of hydrogen-bond acceptors (Lipinski definition) is 4. The minimum absolute atomic E-state index is 0.0870. The lowest BCUT2D eigenvalue weighted by Crippen LogP contribution is -2.14. The van der Waals surface area contributed by atoms with E-state index in [0.717, 1.165) is 16.2 Å². The third kappa shape index (κ3) is 3.59. The normalized spacial score (nSPS) is 11.1. The van der Waals surface area contributed by atoms with Crippen LogP contribution < -0.4 is 4.72 Å². The van der Waals surface area contributed by atoms with Crippen molar-refractivity contribution in [3.05, 3.63) is 52.3 Å². The SMILES string of the molecule is Cc1cc(S(=O)(=O)Nc2cncc(C(=O)O)c2)ccc1Br. The fourth-order valence-electron chi connectivity index (χ4n) is 1.61. The molecular formula is C13H11BrN2O4S. The summed E-state index contributed by atoms with van der Waals surface area (Å²) in [6.45, 7) is 1.77. The van der Waals surface area contributed by atoms with Gasteiger partial charge in [0.25, 0.3) is 10.0 Å². The number of halogens is 1. The summed E-state index contributed by atoms with van der Waals surface area (Å²) in [5, 5.41) is 8.87. The highest BCUT2D eigenvalue weighted by Crippen LogP contribution is 2.22. The first-order valence-electron chi connectivity index (χ1n) is 5.77. The van der Waals surface area contributed by atoms with Crippen LogP contribution >= 0.6 is 15.9 Å². The van der Waals surface area contributed by atoms with Crippen LogP contribution in [0, 0.1) is 6.92 Å². The molecule has 0 saturated carbocycles. The number of rotatable bonds is 4. The summed E-state index contributed by atoms with van der Waals surface area (Å²) in [5.74, 6) is -1.18. The summed E-state index contributed by atoms with van der Waals surface area (Å²) in [4.78, 5) is 14.6. The molecule has 0 saturated heterocycles. The van der Waals surface area contributed by atoms with Crippen molar-refractivity contribution in [3.8, 4) is 0 Å². The predicted octanol–water partition coefficient (Wildman–Crippen LogP) is 2.65. The molecule has 1 aromatic heterocycles. The van der Waals surface area contributed by atoms with Crippen LogP contribution in [0.25, 0.3) is 0 Å². The molecule has 0 amide bonds. The third-order valence-electron chi connectivity index (χ3n) is 2.68. The molecule has 1 heterocycles. The smallest absolute Gasteiger partial charge is 0.337 e. The molecule has 0 bridgehead atoms. The summed E-state index contributed by atoms with van der Waals surface area (Å²) < 4.78 is 27.6. The number of carbonyl (C=O) groups is 1. The van der Waals surface area contributed by atoms with E-state index in [1.807, 2.05) is 0 Å². The Labute approximate surface area is 130 Å². The molecule has 0 aliphatic carbocycles. The molecule has 0 aliphatic heterocycles. The van der Waals surface area contributed by atoms with Crippen LogP contribution in [-0.4, -0.2) is 24.5 Å². The number of pyridine rings is 1. The number of aryl methyl sites for hydroxylation is 1. The van der Waals surface area contributed by atoms with E-state index in [2.05, 4.69) is 25.6 Å². The second-order valence-corrected chi connectivity index (χ2v) is 6.82. The maximum atomic E-state index is 12.2. The minimum Gasteiger partial charge on any atom is -0.478 e. The lowest BCUT2D eigenvalue weighted by Gasteiger charge is -2.09. The molecule has 1 aromatic carbocycles. The van der Waals surface area contributed by atoms with E-state index in [0.29, 0.717) is 0 Å². The Morgan fingerprint density at radius 1 is 1.29 bits per heavy atom. The Balaban J connectivity index is 2.35. The topological polar surface area (TPSA) is 96.4 Å². The molecule has 2 N–H and O–H groups in total. The Bertz CT molecular complexity index is 806. The van der Waals surface area contributed by atoms with E-state index in [9.17, 15) is 13.2 Å². The minimum atomic E-state index is -3.80. The molecule has 0 unspecified atom stereocenters. The third-order valence-corrected chi connectivity index (χ3v) is 4.95. The van der Waals surface area contributed by atoms with Crippen molar-refractivity contribution in [1.29, 1.82) is 0 Å². The molecule has 6 nitrogen and oxygen atoms in total. The number of carboxylic acid groups (broad SMARTS) is 1. The van der Waals surface area contributed by atoms with Gasteiger partial charge in [0, 0.05) is 10.7 Å². The van der Waals surface area contributed by atoms with Gasteiger partial charge in [0.1, 0.15) is 0 Å². The lowest BCUT2D eigenvalue weighted by atomic mass is 10.2. The van der Waals surface area contributed by atoms with Crippen LogP contribution in [0.15, 0.2) is 46.0 Å². The van der Waals surface area contributed by atoms with Gasteiger partial charge >= 0.3 is 5.97 Å². The maximum Gasteiger partial charge on any atom is 0.337 e. The summed E-state index contributed by atoms with van der Waals surface area (Å²) in [6, 6.07) is 5.81. The Morgan fingerprint density at radius 2 is 2.00 bits per heavy atom. The summed E-state index contributed by atoms with van der Waals surface area (Å²) in [5.41, 5.74) is 0.771. The van der Waals surface area contributed by atoms with Crippen molar-refractivity contribution < 1.29 is 18.3 Å². The van der Waals surface area contributed by atoms with Crippen molar-refractivity contribution in [1.82, 2.24) is 4.98 Å². The fraction of sp³-hybridized carbons (Fsp3) is 0.0769. The van der Waals surface area contributed by atoms with Crippen LogP contribution in [0.4, 0.5) is 5.69 Å². The highest BCUT2D eigenvalue weighted by atomic mass is 79.9. The quantitative estimate of drug-likeness (QED) is 0.862. The predicted molar refractivity (Wildman–Crippen MR) is 80.9 cm³/mol. The van der Waals surface area contributed by atoms with Gasteiger partial charge in [-0.15, -0.1) is 0 Å². The van der Waals surface area contributed by atoms with E-state index >= 15 is 0 Å². The fourth-order valence-corrected chi connectivity index (χ4v) is 2.98. The number of aromatic carboxylic acids is 1. The van der Waals surface area contributed by atoms with Gasteiger partial charge in [-0.1, -0.05) is 15.9 Å². The number of sulfonamides is 1. The van der Waals surface area contributed by atoms with Crippen LogP contribution in [-0.2, 0) is 10.0 Å². The zero-order chi connectivity index (χ0) is 15.6. The van der Waals surface area contributed by atoms with Crippen molar-refractivity contribution >= 4 is 37.6 Å². The van der Waals surface area contributed by atoms with E-state index in [4.69, 9.17) is 5.11 Å². The highest BCUT2D eigenvalue weighted by Gasteiger charge is 2.16. The van der Waals surface area contributed by atoms with Gasteiger partial charge in [-0.2, -0.15) is 0 Å². The molecule has 21 heavy (non-hydrogen) atoms. The summed E-state index contributed by atoms with van der Waals surface area (Å²) in [7, 11) is -3.80. The van der Waals surface area contributed by atoms with Gasteiger partial charge in [-0.25, -0.2) is 13.2 Å². The number of anilines is 1. The molecule has 0 fully saturated rings. The van der Waals surface area contributed by atoms with Gasteiger partial charge in [0.2, 0.25) is 0 Å². The van der Waals surface area contributed by atoms with Gasteiger partial charge in [0.05, 0.1) is 22.3 Å². The summed E-state index contributed by atoms with van der Waals surface area (Å²) in [6.07, 6.45) is 2.39. The van der Waals surface area contributed by atoms with Gasteiger partial charge in [-0.05, 0) is 36.8 Å². The number of aromatic nitrogens is 1. The number of benzene rings is 1. The molecule has 110 valence electrons. The second kappa shape index (κ2) is 5.82. The van der Waals surface area contributed by atoms with Crippen molar-refractivity contribution in [2.75, 3.05) is 4.72 Å². The van der Waals surface area contributed by atoms with Crippen molar-refractivity contribution in [2.45, 2.75) is 11.8 Å². The van der Waals surface area contributed by atoms with Crippen LogP contribution in [0.1, 0.15) is 15.9 Å². The molecule has 8 heteroatoms. The Kier molecular flexibility index (Phi) is 4.29. The molecular weight excluding hydrogens is 360 g/mol. The zero-order valence-corrected chi connectivity index (χ0v) is 13.3. The monoisotopic (exact) mass is 370 g/mol. The first-order valence-corrected chi connectivity index (χ1v) is 8.04. The first-order chi connectivity index (χ1) is 9.79. The Morgan fingerprint density at radius 3 is 2.62 bits per heavy atom. The maximum absolute atomic E-state index is 12.2. The largest absolute Gasteiger partial charge is 0.478 e. The van der Waals surface area contributed by atoms with E-state index < -0.39 is 16.0 Å². The van der Waals surface area contributed by atoms with Gasteiger partial charge in [0.15, 0.2) is 0 Å². The molecule has 0 aliphatic rings. The second-order valence-electron chi connectivity index (χ2n) is 4.28. The molecule has 2 aromatic rings. The van der Waals surface area contributed by atoms with Gasteiger partial charge < -0.3 is 5.11 Å². The van der Waals surface area contributed by atoms with E-state index in [1.165, 1.54) is 24.4 Å². The summed E-state index contributed by atoms with van der Waals surface area (Å²) >= 11 is 3.30. The molecule has 2 rings (SSSR count). The molecule has 0 spiro atoms.